The maximum Gasteiger partial charge on any atom is 0.322 e. The number of carbonyl (C=O) groups is 1. The Balaban J connectivity index is 1.78. The molecule has 0 aromatic rings. The molecule has 2 rings (SSSR count). The minimum Gasteiger partial charge on any atom is -0.468 e. The van der Waals surface area contributed by atoms with Gasteiger partial charge in [0.2, 0.25) is 0 Å². The number of hydrogen-bond donors (Lipinski definition) is 1. The van der Waals surface area contributed by atoms with Crippen LogP contribution in [0.25, 0.3) is 0 Å². The molecule has 0 radical (unpaired) electrons. The second kappa shape index (κ2) is 6.23. The third kappa shape index (κ3) is 4.77. The van der Waals surface area contributed by atoms with Crippen molar-refractivity contribution in [1.29, 1.82) is 0 Å². The van der Waals surface area contributed by atoms with Crippen LogP contribution in [0.4, 0.5) is 0 Å². The van der Waals surface area contributed by atoms with Gasteiger partial charge < -0.3 is 15.0 Å². The monoisotopic (exact) mass is 268 g/mol. The van der Waals surface area contributed by atoms with Crippen LogP contribution in [0.15, 0.2) is 0 Å². The molecule has 1 aliphatic carbocycles. The first-order valence-corrected chi connectivity index (χ1v) is 7.56. The molecule has 2 fully saturated rings. The molecule has 0 aromatic carbocycles. The second-order valence-electron chi connectivity index (χ2n) is 6.85. The molecule has 0 spiro atoms. The van der Waals surface area contributed by atoms with Crippen molar-refractivity contribution in [3.05, 3.63) is 0 Å². The van der Waals surface area contributed by atoms with Gasteiger partial charge in [-0.15, -0.1) is 0 Å². The molecular formula is C15H28N2O2. The first-order valence-electron chi connectivity index (χ1n) is 7.56. The van der Waals surface area contributed by atoms with Crippen molar-refractivity contribution in [2.75, 3.05) is 26.7 Å². The van der Waals surface area contributed by atoms with Gasteiger partial charge in [-0.05, 0) is 44.1 Å². The Bertz CT molecular complexity index is 313. The molecular weight excluding hydrogens is 240 g/mol. The number of nitrogens with zero attached hydrogens (tertiary/aromatic N) is 1. The fraction of sp³-hybridized carbons (Fsp3) is 0.933. The average molecular weight is 268 g/mol. The molecule has 4 nitrogen and oxygen atoms in total. The Morgan fingerprint density at radius 2 is 2.21 bits per heavy atom. The Kier molecular flexibility index (Phi) is 4.85. The fourth-order valence-electron chi connectivity index (χ4n) is 2.99. The van der Waals surface area contributed by atoms with Gasteiger partial charge in [0.25, 0.3) is 0 Å². The molecule has 110 valence electrons. The smallest absolute Gasteiger partial charge is 0.322 e. The van der Waals surface area contributed by atoms with Gasteiger partial charge in [0.15, 0.2) is 0 Å². The summed E-state index contributed by atoms with van der Waals surface area (Å²) in [6, 6.07) is 0.421. The lowest BCUT2D eigenvalue weighted by molar-refractivity contribution is -0.143. The molecule has 1 N–H and O–H groups in total. The summed E-state index contributed by atoms with van der Waals surface area (Å²) in [6.45, 7) is 7.97. The standard InChI is InChI=1S/C15H28N2O2/c1-15(2)8-4-9-17(11-15)10-7-13(14(18)19-3)16-12-5-6-12/h12-13,16H,4-11H2,1-3H3. The highest BCUT2D eigenvalue weighted by atomic mass is 16.5. The topological polar surface area (TPSA) is 41.6 Å². The van der Waals surface area contributed by atoms with Gasteiger partial charge in [0, 0.05) is 19.1 Å². The summed E-state index contributed by atoms with van der Waals surface area (Å²) >= 11 is 0. The van der Waals surface area contributed by atoms with Crippen LogP contribution in [0.5, 0.6) is 0 Å². The van der Waals surface area contributed by atoms with E-state index in [1.54, 1.807) is 0 Å². The number of esters is 1. The molecule has 1 atom stereocenters. The van der Waals surface area contributed by atoms with Crippen LogP contribution in [0.1, 0.15) is 46.0 Å². The van der Waals surface area contributed by atoms with Gasteiger partial charge in [-0.1, -0.05) is 13.8 Å². The summed E-state index contributed by atoms with van der Waals surface area (Å²) in [5.41, 5.74) is 0.420. The van der Waals surface area contributed by atoms with Gasteiger partial charge in [-0.3, -0.25) is 4.79 Å². The van der Waals surface area contributed by atoms with Gasteiger partial charge >= 0.3 is 5.97 Å². The van der Waals surface area contributed by atoms with E-state index in [0.717, 1.165) is 19.5 Å². The van der Waals surface area contributed by atoms with Crippen molar-refractivity contribution >= 4 is 5.97 Å². The number of carbonyl (C=O) groups excluding carboxylic acids is 1. The van der Waals surface area contributed by atoms with E-state index in [9.17, 15) is 4.79 Å². The highest BCUT2D eigenvalue weighted by molar-refractivity contribution is 5.75. The van der Waals surface area contributed by atoms with Gasteiger partial charge in [-0.25, -0.2) is 0 Å². The van der Waals surface area contributed by atoms with E-state index >= 15 is 0 Å². The van der Waals surface area contributed by atoms with E-state index in [0.29, 0.717) is 11.5 Å². The van der Waals surface area contributed by atoms with E-state index < -0.39 is 0 Å². The maximum atomic E-state index is 11.8. The van der Waals surface area contributed by atoms with Crippen LogP contribution in [0, 0.1) is 5.41 Å². The van der Waals surface area contributed by atoms with E-state index in [1.807, 2.05) is 0 Å². The first-order chi connectivity index (χ1) is 9.00. The molecule has 1 aliphatic heterocycles. The molecule has 2 aliphatic rings. The number of ether oxygens (including phenoxy) is 1. The van der Waals surface area contributed by atoms with Crippen LogP contribution in [-0.4, -0.2) is 49.7 Å². The molecule has 0 aromatic heterocycles. The van der Waals surface area contributed by atoms with Crippen LogP contribution in [-0.2, 0) is 9.53 Å². The zero-order valence-electron chi connectivity index (χ0n) is 12.6. The highest BCUT2D eigenvalue weighted by Crippen LogP contribution is 2.28. The minimum atomic E-state index is -0.123. The van der Waals surface area contributed by atoms with Gasteiger partial charge in [0.05, 0.1) is 7.11 Å². The normalized spacial score (nSPS) is 25.0. The van der Waals surface area contributed by atoms with Crippen molar-refractivity contribution in [2.24, 2.45) is 5.41 Å². The Labute approximate surface area is 116 Å². The summed E-state index contributed by atoms with van der Waals surface area (Å²) in [5.74, 6) is -0.108. The largest absolute Gasteiger partial charge is 0.468 e. The van der Waals surface area contributed by atoms with Gasteiger partial charge in [-0.2, -0.15) is 0 Å². The summed E-state index contributed by atoms with van der Waals surface area (Å²) < 4.78 is 4.90. The van der Waals surface area contributed by atoms with Crippen molar-refractivity contribution in [2.45, 2.75) is 58.0 Å². The predicted octanol–water partition coefficient (Wildman–Crippen LogP) is 1.79. The van der Waals surface area contributed by atoms with E-state index in [4.69, 9.17) is 4.74 Å². The lowest BCUT2D eigenvalue weighted by Gasteiger charge is -2.38. The lowest BCUT2D eigenvalue weighted by Crippen LogP contribution is -2.45. The van der Waals surface area contributed by atoms with Crippen molar-refractivity contribution in [3.8, 4) is 0 Å². The molecule has 19 heavy (non-hydrogen) atoms. The second-order valence-corrected chi connectivity index (χ2v) is 6.85. The van der Waals surface area contributed by atoms with Crippen LogP contribution < -0.4 is 5.32 Å². The highest BCUT2D eigenvalue weighted by Gasteiger charge is 2.31. The Morgan fingerprint density at radius 1 is 1.47 bits per heavy atom. The van der Waals surface area contributed by atoms with Crippen molar-refractivity contribution < 1.29 is 9.53 Å². The minimum absolute atomic E-state index is 0.108. The quantitative estimate of drug-likeness (QED) is 0.746. The first kappa shape index (κ1) is 14.8. The predicted molar refractivity (Wildman–Crippen MR) is 76.0 cm³/mol. The van der Waals surface area contributed by atoms with Crippen molar-refractivity contribution in [3.63, 3.8) is 0 Å². The zero-order chi connectivity index (χ0) is 13.9. The average Bonchev–Trinajstić information content (AvgIpc) is 3.16. The number of hydrogen-bond acceptors (Lipinski definition) is 4. The molecule has 1 saturated carbocycles. The Hall–Kier alpha value is -0.610. The summed E-state index contributed by atoms with van der Waals surface area (Å²) in [7, 11) is 1.48. The number of piperidine rings is 1. The van der Waals surface area contributed by atoms with E-state index in [2.05, 4.69) is 24.1 Å². The lowest BCUT2D eigenvalue weighted by atomic mass is 9.84. The Morgan fingerprint density at radius 3 is 2.79 bits per heavy atom. The molecule has 4 heteroatoms. The molecule has 1 saturated heterocycles. The molecule has 0 bridgehead atoms. The molecule has 1 heterocycles. The number of rotatable bonds is 6. The van der Waals surface area contributed by atoms with E-state index in [-0.39, 0.29) is 12.0 Å². The fourth-order valence-corrected chi connectivity index (χ4v) is 2.99. The third-order valence-electron chi connectivity index (χ3n) is 4.21. The van der Waals surface area contributed by atoms with Crippen LogP contribution in [0.2, 0.25) is 0 Å². The zero-order valence-corrected chi connectivity index (χ0v) is 12.6. The maximum absolute atomic E-state index is 11.8. The van der Waals surface area contributed by atoms with E-state index in [1.165, 1.54) is 39.3 Å². The van der Waals surface area contributed by atoms with Crippen molar-refractivity contribution in [1.82, 2.24) is 10.2 Å². The summed E-state index contributed by atoms with van der Waals surface area (Å²) in [6.07, 6.45) is 5.84. The molecule has 1 unspecified atom stereocenters. The number of nitrogens with one attached hydrogen (secondary N) is 1. The molecule has 0 amide bonds. The summed E-state index contributed by atoms with van der Waals surface area (Å²) in [5, 5.41) is 3.40. The number of likely N-dealkylation sites (tertiary alicyclic amines) is 1. The van der Waals surface area contributed by atoms with Crippen LogP contribution >= 0.6 is 0 Å². The summed E-state index contributed by atoms with van der Waals surface area (Å²) in [4.78, 5) is 14.3. The van der Waals surface area contributed by atoms with Crippen LogP contribution in [0.3, 0.4) is 0 Å². The number of methoxy groups -OCH3 is 1. The SMILES string of the molecule is COC(=O)C(CCN1CCCC(C)(C)C1)NC1CC1. The van der Waals surface area contributed by atoms with Gasteiger partial charge in [0.1, 0.15) is 6.04 Å². The third-order valence-corrected chi connectivity index (χ3v) is 4.21.